The van der Waals surface area contributed by atoms with E-state index in [1.54, 1.807) is 23.1 Å². The number of nitrogen functional groups attached to an aromatic ring is 1. The summed E-state index contributed by atoms with van der Waals surface area (Å²) < 4.78 is 0. The molecule has 94 valence electrons. The maximum absolute atomic E-state index is 8.98. The summed E-state index contributed by atoms with van der Waals surface area (Å²) in [4.78, 5) is 1.74. The number of nitrogens with two attached hydrogens (primary N) is 1. The standard InChI is InChI=1S/C11H16ClN3O2/c12-8-1-2-9(11(13)14)10(7-8)15(3-5-16)4-6-17/h1-2,7,16-17H,3-6H2,(H3,13,14). The summed E-state index contributed by atoms with van der Waals surface area (Å²) in [5.41, 5.74) is 6.67. The Morgan fingerprint density at radius 3 is 2.35 bits per heavy atom. The molecule has 0 atom stereocenters. The van der Waals surface area contributed by atoms with E-state index >= 15 is 0 Å². The van der Waals surface area contributed by atoms with Crippen LogP contribution in [0.2, 0.25) is 5.02 Å². The van der Waals surface area contributed by atoms with Crippen molar-refractivity contribution in [2.45, 2.75) is 0 Å². The fraction of sp³-hybridized carbons (Fsp3) is 0.364. The number of nitrogens with one attached hydrogen (secondary N) is 1. The number of halogens is 1. The zero-order chi connectivity index (χ0) is 12.8. The summed E-state index contributed by atoms with van der Waals surface area (Å²) in [5, 5.41) is 26.0. The Balaban J connectivity index is 3.14. The molecule has 1 aromatic rings. The van der Waals surface area contributed by atoms with Crippen LogP contribution >= 0.6 is 11.6 Å². The first kappa shape index (κ1) is 13.8. The molecular weight excluding hydrogens is 242 g/mol. The number of hydrogen-bond acceptors (Lipinski definition) is 4. The van der Waals surface area contributed by atoms with Gasteiger partial charge >= 0.3 is 0 Å². The third-order valence-corrected chi connectivity index (χ3v) is 2.57. The van der Waals surface area contributed by atoms with Crippen molar-refractivity contribution >= 4 is 23.1 Å². The molecule has 0 heterocycles. The Kier molecular flexibility index (Phi) is 5.21. The highest BCUT2D eigenvalue weighted by Crippen LogP contribution is 2.24. The Bertz CT molecular complexity index is 392. The van der Waals surface area contributed by atoms with E-state index in [1.807, 2.05) is 0 Å². The van der Waals surface area contributed by atoms with E-state index in [0.29, 0.717) is 29.4 Å². The predicted molar refractivity (Wildman–Crippen MR) is 68.9 cm³/mol. The summed E-state index contributed by atoms with van der Waals surface area (Å²) in [6.07, 6.45) is 0. The van der Waals surface area contributed by atoms with Crippen molar-refractivity contribution in [3.8, 4) is 0 Å². The highest BCUT2D eigenvalue weighted by atomic mass is 35.5. The highest BCUT2D eigenvalue weighted by molar-refractivity contribution is 6.31. The van der Waals surface area contributed by atoms with Gasteiger partial charge in [0.15, 0.2) is 0 Å². The third kappa shape index (κ3) is 3.59. The Morgan fingerprint density at radius 2 is 1.88 bits per heavy atom. The maximum Gasteiger partial charge on any atom is 0.124 e. The minimum atomic E-state index is -0.0717. The van der Waals surface area contributed by atoms with Crippen LogP contribution in [0, 0.1) is 5.41 Å². The number of hydrogen-bond donors (Lipinski definition) is 4. The molecule has 1 rings (SSSR count). The van der Waals surface area contributed by atoms with Crippen LogP contribution in [0.5, 0.6) is 0 Å². The number of aliphatic hydroxyl groups excluding tert-OH is 2. The van der Waals surface area contributed by atoms with Crippen molar-refractivity contribution in [2.75, 3.05) is 31.2 Å². The second-order valence-corrected chi connectivity index (χ2v) is 3.95. The molecule has 6 heteroatoms. The van der Waals surface area contributed by atoms with Crippen molar-refractivity contribution in [1.82, 2.24) is 0 Å². The molecule has 0 unspecified atom stereocenters. The van der Waals surface area contributed by atoms with Crippen LogP contribution in [0.15, 0.2) is 18.2 Å². The SMILES string of the molecule is N=C(N)c1ccc(Cl)cc1N(CCO)CCO. The van der Waals surface area contributed by atoms with Gasteiger partial charge < -0.3 is 20.8 Å². The van der Waals surface area contributed by atoms with Gasteiger partial charge in [-0.05, 0) is 18.2 Å². The summed E-state index contributed by atoms with van der Waals surface area (Å²) >= 11 is 5.90. The van der Waals surface area contributed by atoms with Gasteiger partial charge in [0.05, 0.1) is 13.2 Å². The van der Waals surface area contributed by atoms with Gasteiger partial charge in [-0.2, -0.15) is 0 Å². The van der Waals surface area contributed by atoms with Crippen molar-refractivity contribution in [3.63, 3.8) is 0 Å². The van der Waals surface area contributed by atoms with Crippen LogP contribution in [0.3, 0.4) is 0 Å². The second kappa shape index (κ2) is 6.44. The van der Waals surface area contributed by atoms with E-state index < -0.39 is 0 Å². The van der Waals surface area contributed by atoms with Crippen molar-refractivity contribution < 1.29 is 10.2 Å². The van der Waals surface area contributed by atoms with Gasteiger partial charge in [-0.15, -0.1) is 0 Å². The van der Waals surface area contributed by atoms with Crippen LogP contribution < -0.4 is 10.6 Å². The molecule has 0 aliphatic rings. The molecule has 0 radical (unpaired) electrons. The van der Waals surface area contributed by atoms with E-state index in [0.717, 1.165) is 0 Å². The average molecular weight is 258 g/mol. The van der Waals surface area contributed by atoms with Crippen LogP contribution in [-0.2, 0) is 0 Å². The fourth-order valence-electron chi connectivity index (χ4n) is 1.59. The van der Waals surface area contributed by atoms with E-state index in [1.165, 1.54) is 0 Å². The zero-order valence-corrected chi connectivity index (χ0v) is 10.1. The summed E-state index contributed by atoms with van der Waals surface area (Å²) in [6, 6.07) is 4.98. The fourth-order valence-corrected chi connectivity index (χ4v) is 1.75. The second-order valence-electron chi connectivity index (χ2n) is 3.51. The molecule has 0 saturated carbocycles. The first-order valence-electron chi connectivity index (χ1n) is 5.20. The number of nitrogens with zero attached hydrogens (tertiary/aromatic N) is 1. The number of anilines is 1. The maximum atomic E-state index is 8.98. The molecule has 0 bridgehead atoms. The van der Waals surface area contributed by atoms with Crippen LogP contribution in [0.25, 0.3) is 0 Å². The van der Waals surface area contributed by atoms with Gasteiger partial charge in [0.25, 0.3) is 0 Å². The van der Waals surface area contributed by atoms with Crippen molar-refractivity contribution in [2.24, 2.45) is 5.73 Å². The molecule has 0 fully saturated rings. The largest absolute Gasteiger partial charge is 0.395 e. The molecular formula is C11H16ClN3O2. The predicted octanol–water partition coefficient (Wildman–Crippen LogP) is 0.415. The van der Waals surface area contributed by atoms with Crippen molar-refractivity contribution in [3.05, 3.63) is 28.8 Å². The first-order chi connectivity index (χ1) is 8.10. The zero-order valence-electron chi connectivity index (χ0n) is 9.36. The quantitative estimate of drug-likeness (QED) is 0.439. The van der Waals surface area contributed by atoms with Gasteiger partial charge in [0.1, 0.15) is 5.84 Å². The van der Waals surface area contributed by atoms with E-state index in [4.69, 9.17) is 33.0 Å². The lowest BCUT2D eigenvalue weighted by atomic mass is 10.1. The highest BCUT2D eigenvalue weighted by Gasteiger charge is 2.13. The number of amidine groups is 1. The lowest BCUT2D eigenvalue weighted by Gasteiger charge is -2.25. The Labute approximate surface area is 105 Å². The number of rotatable bonds is 6. The molecule has 0 saturated heterocycles. The van der Waals surface area contributed by atoms with Crippen molar-refractivity contribution in [1.29, 1.82) is 5.41 Å². The lowest BCUT2D eigenvalue weighted by molar-refractivity contribution is 0.281. The minimum Gasteiger partial charge on any atom is -0.395 e. The van der Waals surface area contributed by atoms with Gasteiger partial charge in [0.2, 0.25) is 0 Å². The van der Waals surface area contributed by atoms with E-state index in [2.05, 4.69) is 0 Å². The van der Waals surface area contributed by atoms with E-state index in [9.17, 15) is 0 Å². The molecule has 0 spiro atoms. The number of aliphatic hydroxyl groups is 2. The van der Waals surface area contributed by atoms with Crippen LogP contribution in [0.1, 0.15) is 5.56 Å². The number of benzene rings is 1. The molecule has 0 aliphatic heterocycles. The van der Waals surface area contributed by atoms with Crippen LogP contribution in [0.4, 0.5) is 5.69 Å². The monoisotopic (exact) mass is 257 g/mol. The topological polar surface area (TPSA) is 93.6 Å². The molecule has 0 amide bonds. The average Bonchev–Trinajstić information content (AvgIpc) is 2.28. The lowest BCUT2D eigenvalue weighted by Crippen LogP contribution is -2.31. The Hall–Kier alpha value is -1.30. The van der Waals surface area contributed by atoms with Gasteiger partial charge in [-0.1, -0.05) is 11.6 Å². The van der Waals surface area contributed by atoms with E-state index in [-0.39, 0.29) is 19.0 Å². The Morgan fingerprint density at radius 1 is 1.29 bits per heavy atom. The molecule has 5 nitrogen and oxygen atoms in total. The van der Waals surface area contributed by atoms with Gasteiger partial charge in [-0.25, -0.2) is 0 Å². The minimum absolute atomic E-state index is 0.0517. The van der Waals surface area contributed by atoms with Crippen LogP contribution in [-0.4, -0.2) is 42.4 Å². The molecule has 0 aromatic heterocycles. The van der Waals surface area contributed by atoms with Gasteiger partial charge in [0, 0.05) is 29.4 Å². The summed E-state index contributed by atoms with van der Waals surface area (Å²) in [6.45, 7) is 0.593. The summed E-state index contributed by atoms with van der Waals surface area (Å²) in [7, 11) is 0. The van der Waals surface area contributed by atoms with Gasteiger partial charge in [-0.3, -0.25) is 5.41 Å². The smallest absolute Gasteiger partial charge is 0.124 e. The molecule has 0 aliphatic carbocycles. The third-order valence-electron chi connectivity index (χ3n) is 2.33. The molecule has 17 heavy (non-hydrogen) atoms. The first-order valence-corrected chi connectivity index (χ1v) is 5.58. The molecule has 5 N–H and O–H groups in total. The normalized spacial score (nSPS) is 10.3. The molecule has 1 aromatic carbocycles. The summed E-state index contributed by atoms with van der Waals surface area (Å²) in [5.74, 6) is -0.0717.